The van der Waals surface area contributed by atoms with Crippen molar-refractivity contribution in [3.63, 3.8) is 0 Å². The van der Waals surface area contributed by atoms with Crippen LogP contribution < -0.4 is 0 Å². The van der Waals surface area contributed by atoms with Crippen molar-refractivity contribution in [2.45, 2.75) is 32.6 Å². The van der Waals surface area contributed by atoms with Crippen LogP contribution in [0.4, 0.5) is 0 Å². The molecule has 100 valence electrons. The Morgan fingerprint density at radius 3 is 2.76 bits per heavy atom. The first-order valence-electron chi connectivity index (χ1n) is 6.28. The lowest BCUT2D eigenvalue weighted by Gasteiger charge is -2.08. The molecule has 0 N–H and O–H groups in total. The average molecular weight is 262 g/mol. The topological polar surface area (TPSA) is 63.5 Å². The summed E-state index contributed by atoms with van der Waals surface area (Å²) in [6.07, 6.45) is 5.76. The highest BCUT2D eigenvalue weighted by Gasteiger charge is 2.17. The van der Waals surface area contributed by atoms with Crippen LogP contribution in [0.5, 0.6) is 0 Å². The second-order valence-electron chi connectivity index (χ2n) is 4.51. The van der Waals surface area contributed by atoms with Crippen LogP contribution in [0.3, 0.4) is 0 Å². The predicted octanol–water partition coefficient (Wildman–Crippen LogP) is 0.468. The average Bonchev–Trinajstić information content (AvgIpc) is 2.68. The zero-order chi connectivity index (χ0) is 12.7. The van der Waals surface area contributed by atoms with Gasteiger partial charge in [0.25, 0.3) is 0 Å². The quantitative estimate of drug-likeness (QED) is 0.362. The van der Waals surface area contributed by atoms with Gasteiger partial charge in [0, 0.05) is 5.75 Å². The van der Waals surface area contributed by atoms with E-state index in [0.717, 1.165) is 32.6 Å². The van der Waals surface area contributed by atoms with Gasteiger partial charge in [0.15, 0.2) is 0 Å². The SMILES string of the molecule is CCCC[N+]1=CN(CCCCS(=O)(=O)[O-])CC1. The van der Waals surface area contributed by atoms with E-state index in [9.17, 15) is 13.0 Å². The lowest BCUT2D eigenvalue weighted by Crippen LogP contribution is -2.21. The molecule has 5 nitrogen and oxygen atoms in total. The number of hydrogen-bond donors (Lipinski definition) is 0. The third-order valence-corrected chi connectivity index (χ3v) is 3.68. The largest absolute Gasteiger partial charge is 0.748 e. The molecule has 0 aliphatic carbocycles. The first kappa shape index (κ1) is 14.4. The molecule has 6 heteroatoms. The fourth-order valence-corrected chi connectivity index (χ4v) is 2.45. The second-order valence-corrected chi connectivity index (χ2v) is 6.03. The first-order chi connectivity index (χ1) is 8.01. The van der Waals surface area contributed by atoms with Crippen LogP contribution in [0.2, 0.25) is 0 Å². The molecule has 0 fully saturated rings. The summed E-state index contributed by atoms with van der Waals surface area (Å²) >= 11 is 0. The molecule has 1 heterocycles. The van der Waals surface area contributed by atoms with Gasteiger partial charge in [0.05, 0.1) is 23.2 Å². The van der Waals surface area contributed by atoms with Gasteiger partial charge in [0.1, 0.15) is 13.1 Å². The van der Waals surface area contributed by atoms with Crippen molar-refractivity contribution in [3.8, 4) is 0 Å². The molecule has 0 saturated carbocycles. The molecule has 0 bridgehead atoms. The summed E-state index contributed by atoms with van der Waals surface area (Å²) in [4.78, 5) is 2.20. The van der Waals surface area contributed by atoms with Gasteiger partial charge in [0.2, 0.25) is 6.34 Å². The number of unbranched alkanes of at least 4 members (excludes halogenated alkanes) is 2. The molecule has 0 amide bonds. The van der Waals surface area contributed by atoms with Gasteiger partial charge < -0.3 is 4.55 Å². The van der Waals surface area contributed by atoms with E-state index in [1.54, 1.807) is 0 Å². The minimum atomic E-state index is -4.03. The van der Waals surface area contributed by atoms with E-state index >= 15 is 0 Å². The predicted molar refractivity (Wildman–Crippen MR) is 66.3 cm³/mol. The van der Waals surface area contributed by atoms with E-state index in [1.807, 2.05) is 0 Å². The minimum absolute atomic E-state index is 0.236. The van der Waals surface area contributed by atoms with Crippen molar-refractivity contribution >= 4 is 16.5 Å². The standard InChI is InChI=1S/C11H22N2O3S/c1-2-3-6-12-8-9-13(11-12)7-4-5-10-17(14,15)16/h11H,2-10H2,1H3. The molecule has 0 radical (unpaired) electrons. The fraction of sp³-hybridized carbons (Fsp3) is 0.909. The van der Waals surface area contributed by atoms with E-state index in [-0.39, 0.29) is 5.75 Å². The third-order valence-electron chi connectivity index (χ3n) is 2.89. The summed E-state index contributed by atoms with van der Waals surface area (Å²) < 4.78 is 33.5. The number of nitrogens with zero attached hydrogens (tertiary/aromatic N) is 2. The molecule has 0 saturated heterocycles. The van der Waals surface area contributed by atoms with Crippen molar-refractivity contribution in [2.24, 2.45) is 0 Å². The number of rotatable bonds is 8. The van der Waals surface area contributed by atoms with E-state index in [0.29, 0.717) is 6.42 Å². The Hall–Kier alpha value is -0.620. The van der Waals surface area contributed by atoms with Gasteiger partial charge in [-0.05, 0) is 19.3 Å². The Morgan fingerprint density at radius 1 is 1.35 bits per heavy atom. The van der Waals surface area contributed by atoms with Gasteiger partial charge >= 0.3 is 0 Å². The molecule has 0 aromatic heterocycles. The third kappa shape index (κ3) is 6.63. The van der Waals surface area contributed by atoms with Gasteiger partial charge in [-0.25, -0.2) is 8.42 Å². The molecule has 0 aromatic carbocycles. The molecule has 17 heavy (non-hydrogen) atoms. The molecule has 0 unspecified atom stereocenters. The van der Waals surface area contributed by atoms with Crippen molar-refractivity contribution in [1.82, 2.24) is 4.90 Å². The molecular weight excluding hydrogens is 240 g/mol. The maximum atomic E-state index is 10.4. The smallest absolute Gasteiger partial charge is 0.234 e. The van der Waals surface area contributed by atoms with Crippen LogP contribution in [0, 0.1) is 0 Å². The van der Waals surface area contributed by atoms with Crippen LogP contribution in [0.25, 0.3) is 0 Å². The zero-order valence-electron chi connectivity index (χ0n) is 10.5. The summed E-state index contributed by atoms with van der Waals surface area (Å²) in [6.45, 7) is 6.19. The van der Waals surface area contributed by atoms with Crippen LogP contribution in [-0.4, -0.2) is 60.7 Å². The summed E-state index contributed by atoms with van der Waals surface area (Å²) in [7, 11) is -4.03. The Bertz CT molecular complexity index is 352. The van der Waals surface area contributed by atoms with Crippen LogP contribution in [0.15, 0.2) is 0 Å². The van der Waals surface area contributed by atoms with E-state index in [2.05, 4.69) is 22.7 Å². The van der Waals surface area contributed by atoms with Crippen LogP contribution in [-0.2, 0) is 10.1 Å². The Balaban J connectivity index is 2.15. The normalized spacial score (nSPS) is 16.4. The van der Waals surface area contributed by atoms with Crippen molar-refractivity contribution < 1.29 is 17.5 Å². The highest BCUT2D eigenvalue weighted by molar-refractivity contribution is 7.85. The lowest BCUT2D eigenvalue weighted by molar-refractivity contribution is -0.514. The molecule has 1 rings (SSSR count). The highest BCUT2D eigenvalue weighted by atomic mass is 32.2. The zero-order valence-corrected chi connectivity index (χ0v) is 11.3. The Morgan fingerprint density at radius 2 is 2.12 bits per heavy atom. The van der Waals surface area contributed by atoms with Crippen molar-refractivity contribution in [1.29, 1.82) is 0 Å². The highest BCUT2D eigenvalue weighted by Crippen LogP contribution is 2.01. The monoisotopic (exact) mass is 262 g/mol. The molecule has 0 spiro atoms. The maximum Gasteiger partial charge on any atom is 0.234 e. The molecule has 1 aliphatic heterocycles. The van der Waals surface area contributed by atoms with E-state index in [1.165, 1.54) is 12.8 Å². The molecular formula is C11H22N2O3S. The molecule has 0 aromatic rings. The van der Waals surface area contributed by atoms with Gasteiger partial charge in [-0.15, -0.1) is 0 Å². The maximum absolute atomic E-state index is 10.4. The Labute approximate surface area is 104 Å². The molecule has 0 atom stereocenters. The van der Waals surface area contributed by atoms with Gasteiger partial charge in [-0.3, -0.25) is 9.48 Å². The van der Waals surface area contributed by atoms with Crippen molar-refractivity contribution in [3.05, 3.63) is 0 Å². The van der Waals surface area contributed by atoms with Gasteiger partial charge in [-0.2, -0.15) is 0 Å². The lowest BCUT2D eigenvalue weighted by atomic mass is 10.3. The summed E-state index contributed by atoms with van der Waals surface area (Å²) in [5.74, 6) is -0.236. The van der Waals surface area contributed by atoms with Crippen LogP contribution >= 0.6 is 0 Å². The summed E-state index contributed by atoms with van der Waals surface area (Å²) in [6, 6.07) is 0. The minimum Gasteiger partial charge on any atom is -0.748 e. The fourth-order valence-electron chi connectivity index (χ4n) is 1.90. The van der Waals surface area contributed by atoms with Crippen LogP contribution in [0.1, 0.15) is 32.6 Å². The number of hydrogen-bond acceptors (Lipinski definition) is 4. The first-order valence-corrected chi connectivity index (χ1v) is 7.85. The van der Waals surface area contributed by atoms with Crippen molar-refractivity contribution in [2.75, 3.05) is 31.9 Å². The van der Waals surface area contributed by atoms with E-state index < -0.39 is 10.1 Å². The summed E-state index contributed by atoms with van der Waals surface area (Å²) in [5, 5.41) is 0. The Kier molecular flexibility index (Phi) is 5.91. The second kappa shape index (κ2) is 6.96. The summed E-state index contributed by atoms with van der Waals surface area (Å²) in [5.41, 5.74) is 0. The molecule has 1 aliphatic rings. The van der Waals surface area contributed by atoms with E-state index in [4.69, 9.17) is 0 Å². The van der Waals surface area contributed by atoms with Gasteiger partial charge in [-0.1, -0.05) is 13.3 Å².